The largest absolute Gasteiger partial charge is 0.490 e. The number of ether oxygens (including phenoxy) is 1. The number of fused-ring (bicyclic) bond motifs is 1. The Kier molecular flexibility index (Phi) is 5.09. The number of benzene rings is 1. The van der Waals surface area contributed by atoms with Gasteiger partial charge in [0.25, 0.3) is 0 Å². The topological polar surface area (TPSA) is 71.7 Å². The third-order valence-corrected chi connectivity index (χ3v) is 4.82. The van der Waals surface area contributed by atoms with Crippen molar-refractivity contribution in [2.45, 2.75) is 51.6 Å². The molecule has 1 heterocycles. The van der Waals surface area contributed by atoms with E-state index in [-0.39, 0.29) is 12.0 Å². The molecule has 2 N–H and O–H groups in total. The molecule has 0 spiro atoms. The summed E-state index contributed by atoms with van der Waals surface area (Å²) in [4.78, 5) is 11.0. The maximum Gasteiger partial charge on any atom is 0.306 e. The van der Waals surface area contributed by atoms with E-state index in [4.69, 9.17) is 14.3 Å². The van der Waals surface area contributed by atoms with E-state index in [0.717, 1.165) is 48.2 Å². The molecule has 0 bridgehead atoms. The van der Waals surface area contributed by atoms with E-state index in [2.05, 4.69) is 18.3 Å². The lowest BCUT2D eigenvalue weighted by atomic mass is 9.86. The number of rotatable bonds is 6. The van der Waals surface area contributed by atoms with Crippen LogP contribution in [-0.2, 0) is 4.79 Å². The SMILES string of the molecule is CCOc1cccc2cc(C(C)NC3CCC(C(=O)O)CC3)oc12. The van der Waals surface area contributed by atoms with Crippen molar-refractivity contribution < 1.29 is 19.1 Å². The number of carbonyl (C=O) groups is 1. The highest BCUT2D eigenvalue weighted by molar-refractivity contribution is 5.83. The Morgan fingerprint density at radius 1 is 1.38 bits per heavy atom. The number of carboxylic acids is 1. The molecule has 0 aliphatic heterocycles. The van der Waals surface area contributed by atoms with Gasteiger partial charge in [-0.05, 0) is 51.7 Å². The van der Waals surface area contributed by atoms with E-state index < -0.39 is 5.97 Å². The molecule has 1 saturated carbocycles. The number of nitrogens with one attached hydrogen (secondary N) is 1. The van der Waals surface area contributed by atoms with Gasteiger partial charge in [0.15, 0.2) is 11.3 Å². The Bertz CT molecular complexity index is 700. The van der Waals surface area contributed by atoms with Gasteiger partial charge in [-0.3, -0.25) is 4.79 Å². The summed E-state index contributed by atoms with van der Waals surface area (Å²) in [6.45, 7) is 4.65. The summed E-state index contributed by atoms with van der Waals surface area (Å²) in [5.41, 5.74) is 0.789. The predicted octanol–water partition coefficient (Wildman–Crippen LogP) is 4.13. The average molecular weight is 331 g/mol. The minimum absolute atomic E-state index is 0.0817. The van der Waals surface area contributed by atoms with Crippen molar-refractivity contribution >= 4 is 16.9 Å². The zero-order valence-corrected chi connectivity index (χ0v) is 14.2. The van der Waals surface area contributed by atoms with Crippen LogP contribution >= 0.6 is 0 Å². The predicted molar refractivity (Wildman–Crippen MR) is 92.3 cm³/mol. The molecule has 1 unspecified atom stereocenters. The lowest BCUT2D eigenvalue weighted by Gasteiger charge is -2.28. The van der Waals surface area contributed by atoms with Gasteiger partial charge in [0.2, 0.25) is 0 Å². The summed E-state index contributed by atoms with van der Waals surface area (Å²) in [5, 5.41) is 13.7. The fraction of sp³-hybridized carbons (Fsp3) is 0.526. The monoisotopic (exact) mass is 331 g/mol. The van der Waals surface area contributed by atoms with Crippen molar-refractivity contribution in [3.8, 4) is 5.75 Å². The van der Waals surface area contributed by atoms with Gasteiger partial charge < -0.3 is 19.6 Å². The number of para-hydroxylation sites is 1. The molecule has 0 radical (unpaired) electrons. The van der Waals surface area contributed by atoms with E-state index >= 15 is 0 Å². The Labute approximate surface area is 142 Å². The van der Waals surface area contributed by atoms with Gasteiger partial charge in [0.05, 0.1) is 18.6 Å². The van der Waals surface area contributed by atoms with Crippen LogP contribution in [0.3, 0.4) is 0 Å². The van der Waals surface area contributed by atoms with Crippen molar-refractivity contribution in [3.05, 3.63) is 30.0 Å². The molecule has 1 fully saturated rings. The van der Waals surface area contributed by atoms with Gasteiger partial charge in [-0.25, -0.2) is 0 Å². The Morgan fingerprint density at radius 3 is 2.79 bits per heavy atom. The molecule has 1 aliphatic rings. The van der Waals surface area contributed by atoms with Gasteiger partial charge >= 0.3 is 5.97 Å². The number of hydrogen-bond acceptors (Lipinski definition) is 4. The van der Waals surface area contributed by atoms with Crippen LogP contribution in [-0.4, -0.2) is 23.7 Å². The Balaban J connectivity index is 1.67. The van der Waals surface area contributed by atoms with Gasteiger partial charge in [0.1, 0.15) is 5.76 Å². The highest BCUT2D eigenvalue weighted by Gasteiger charge is 2.27. The summed E-state index contributed by atoms with van der Waals surface area (Å²) < 4.78 is 11.7. The van der Waals surface area contributed by atoms with Crippen LogP contribution in [0.25, 0.3) is 11.0 Å². The van der Waals surface area contributed by atoms with Crippen LogP contribution < -0.4 is 10.1 Å². The molecule has 24 heavy (non-hydrogen) atoms. The zero-order valence-electron chi connectivity index (χ0n) is 14.2. The lowest BCUT2D eigenvalue weighted by Crippen LogP contribution is -2.36. The van der Waals surface area contributed by atoms with E-state index in [1.807, 2.05) is 25.1 Å². The second-order valence-electron chi connectivity index (χ2n) is 6.53. The summed E-state index contributed by atoms with van der Waals surface area (Å²) in [6, 6.07) is 8.39. The van der Waals surface area contributed by atoms with Crippen molar-refractivity contribution in [3.63, 3.8) is 0 Å². The molecule has 1 aromatic carbocycles. The molecule has 0 saturated heterocycles. The van der Waals surface area contributed by atoms with Crippen LogP contribution in [0.1, 0.15) is 51.3 Å². The molecule has 5 nitrogen and oxygen atoms in total. The van der Waals surface area contributed by atoms with Crippen molar-refractivity contribution in [1.82, 2.24) is 5.32 Å². The lowest BCUT2D eigenvalue weighted by molar-refractivity contribution is -0.142. The zero-order chi connectivity index (χ0) is 17.1. The van der Waals surface area contributed by atoms with Gasteiger partial charge in [-0.2, -0.15) is 0 Å². The van der Waals surface area contributed by atoms with Crippen LogP contribution in [0.4, 0.5) is 0 Å². The maximum absolute atomic E-state index is 11.0. The number of furan rings is 1. The normalized spacial score (nSPS) is 22.4. The number of aliphatic carboxylic acids is 1. The number of hydrogen-bond donors (Lipinski definition) is 2. The third-order valence-electron chi connectivity index (χ3n) is 4.82. The molecule has 1 atom stereocenters. The summed E-state index contributed by atoms with van der Waals surface area (Å²) in [7, 11) is 0. The maximum atomic E-state index is 11.0. The van der Waals surface area contributed by atoms with Crippen molar-refractivity contribution in [1.29, 1.82) is 0 Å². The average Bonchev–Trinajstić information content (AvgIpc) is 3.01. The molecule has 1 aliphatic carbocycles. The van der Waals surface area contributed by atoms with Crippen LogP contribution in [0, 0.1) is 5.92 Å². The molecule has 130 valence electrons. The fourth-order valence-electron chi connectivity index (χ4n) is 3.48. The van der Waals surface area contributed by atoms with Crippen LogP contribution in [0.5, 0.6) is 5.75 Å². The quantitative estimate of drug-likeness (QED) is 0.833. The minimum Gasteiger partial charge on any atom is -0.490 e. The van der Waals surface area contributed by atoms with Gasteiger partial charge in [-0.15, -0.1) is 0 Å². The highest BCUT2D eigenvalue weighted by atomic mass is 16.5. The first-order valence-electron chi connectivity index (χ1n) is 8.72. The fourth-order valence-corrected chi connectivity index (χ4v) is 3.48. The molecular formula is C19H25NO4. The van der Waals surface area contributed by atoms with E-state index in [9.17, 15) is 4.79 Å². The van der Waals surface area contributed by atoms with Crippen LogP contribution in [0.15, 0.2) is 28.7 Å². The summed E-state index contributed by atoms with van der Waals surface area (Å²) in [5.74, 6) is 0.813. The molecule has 5 heteroatoms. The van der Waals surface area contributed by atoms with Crippen LogP contribution in [0.2, 0.25) is 0 Å². The molecule has 2 aromatic rings. The van der Waals surface area contributed by atoms with E-state index in [1.54, 1.807) is 0 Å². The second-order valence-corrected chi connectivity index (χ2v) is 6.53. The third kappa shape index (κ3) is 3.56. The smallest absolute Gasteiger partial charge is 0.306 e. The summed E-state index contributed by atoms with van der Waals surface area (Å²) in [6.07, 6.45) is 3.28. The molecule has 0 amide bonds. The first kappa shape index (κ1) is 16.8. The summed E-state index contributed by atoms with van der Waals surface area (Å²) >= 11 is 0. The standard InChI is InChI=1S/C19H25NO4/c1-3-23-16-6-4-5-14-11-17(24-18(14)16)12(2)20-15-9-7-13(8-10-15)19(21)22/h4-6,11-13,15,20H,3,7-10H2,1-2H3,(H,21,22). The van der Waals surface area contributed by atoms with Crippen molar-refractivity contribution in [2.75, 3.05) is 6.61 Å². The minimum atomic E-state index is -0.665. The first-order valence-corrected chi connectivity index (χ1v) is 8.72. The first-order chi connectivity index (χ1) is 11.6. The van der Waals surface area contributed by atoms with Crippen molar-refractivity contribution in [2.24, 2.45) is 5.92 Å². The molecule has 1 aromatic heterocycles. The number of carboxylic acid groups (broad SMARTS) is 1. The molecule has 3 rings (SSSR count). The van der Waals surface area contributed by atoms with Gasteiger partial charge in [0, 0.05) is 11.4 Å². The van der Waals surface area contributed by atoms with Gasteiger partial charge in [-0.1, -0.05) is 12.1 Å². The Hall–Kier alpha value is -2.01. The highest BCUT2D eigenvalue weighted by Crippen LogP contribution is 2.32. The second kappa shape index (κ2) is 7.26. The Morgan fingerprint density at radius 2 is 2.12 bits per heavy atom. The molecular weight excluding hydrogens is 306 g/mol. The van der Waals surface area contributed by atoms with E-state index in [1.165, 1.54) is 0 Å². The van der Waals surface area contributed by atoms with E-state index in [0.29, 0.717) is 12.6 Å².